The van der Waals surface area contributed by atoms with Crippen LogP contribution in [0.15, 0.2) is 11.9 Å². The Morgan fingerprint density at radius 3 is 2.53 bits per heavy atom. The van der Waals surface area contributed by atoms with Crippen molar-refractivity contribution in [3.05, 3.63) is 11.9 Å². The first kappa shape index (κ1) is 13.9. The van der Waals surface area contributed by atoms with Crippen LogP contribution in [0.2, 0.25) is 0 Å². The second kappa shape index (κ2) is 6.43. The molecule has 3 nitrogen and oxygen atoms in total. The summed E-state index contributed by atoms with van der Waals surface area (Å²) in [7, 11) is 0. The van der Waals surface area contributed by atoms with E-state index in [2.05, 4.69) is 5.32 Å². The summed E-state index contributed by atoms with van der Waals surface area (Å²) < 4.78 is 17.8. The van der Waals surface area contributed by atoms with Gasteiger partial charge in [-0.15, -0.1) is 0 Å². The van der Waals surface area contributed by atoms with Gasteiger partial charge in [-0.3, -0.25) is 0 Å². The highest BCUT2D eigenvalue weighted by molar-refractivity contribution is 5.67. The van der Waals surface area contributed by atoms with Crippen LogP contribution >= 0.6 is 0 Å². The molecule has 15 heavy (non-hydrogen) atoms. The molecule has 0 fully saturated rings. The van der Waals surface area contributed by atoms with Crippen LogP contribution in [0.25, 0.3) is 0 Å². The summed E-state index contributed by atoms with van der Waals surface area (Å²) >= 11 is 0. The highest BCUT2D eigenvalue weighted by atomic mass is 19.1. The number of allylic oxidation sites excluding steroid dienone is 1. The first-order valence-corrected chi connectivity index (χ1v) is 5.16. The van der Waals surface area contributed by atoms with Crippen molar-refractivity contribution in [3.8, 4) is 0 Å². The predicted molar refractivity (Wildman–Crippen MR) is 58.3 cm³/mol. The summed E-state index contributed by atoms with van der Waals surface area (Å²) in [4.78, 5) is 11.1. The molecule has 0 aromatic rings. The van der Waals surface area contributed by atoms with Crippen molar-refractivity contribution in [3.63, 3.8) is 0 Å². The fraction of sp³-hybridized carbons (Fsp3) is 0.727. The van der Waals surface area contributed by atoms with E-state index in [4.69, 9.17) is 4.74 Å². The minimum atomic E-state index is -0.525. The number of amides is 1. The van der Waals surface area contributed by atoms with Crippen LogP contribution in [0, 0.1) is 0 Å². The zero-order valence-electron chi connectivity index (χ0n) is 9.89. The number of nitrogens with one attached hydrogen (secondary N) is 1. The van der Waals surface area contributed by atoms with Crippen molar-refractivity contribution in [1.82, 2.24) is 5.32 Å². The number of rotatable bonds is 4. The third-order valence-corrected chi connectivity index (χ3v) is 1.46. The third-order valence-electron chi connectivity index (χ3n) is 1.46. The van der Waals surface area contributed by atoms with E-state index in [0.29, 0.717) is 6.42 Å². The Morgan fingerprint density at radius 2 is 2.07 bits per heavy atom. The van der Waals surface area contributed by atoms with Gasteiger partial charge in [-0.1, -0.05) is 6.92 Å². The molecular weight excluding hydrogens is 197 g/mol. The molecule has 0 rings (SSSR count). The van der Waals surface area contributed by atoms with Gasteiger partial charge in [0.15, 0.2) is 0 Å². The van der Waals surface area contributed by atoms with E-state index in [9.17, 15) is 9.18 Å². The summed E-state index contributed by atoms with van der Waals surface area (Å²) in [6.07, 6.45) is 2.00. The largest absolute Gasteiger partial charge is 0.444 e. The summed E-state index contributed by atoms with van der Waals surface area (Å²) in [6.45, 7) is 7.40. The van der Waals surface area contributed by atoms with E-state index in [1.165, 1.54) is 6.08 Å². The molecule has 1 N–H and O–H groups in total. The van der Waals surface area contributed by atoms with Gasteiger partial charge in [-0.2, -0.15) is 0 Å². The Balaban J connectivity index is 3.77. The van der Waals surface area contributed by atoms with Crippen LogP contribution in [0.1, 0.15) is 40.5 Å². The Labute approximate surface area is 90.7 Å². The molecule has 88 valence electrons. The molecule has 0 atom stereocenters. The van der Waals surface area contributed by atoms with E-state index in [1.807, 2.05) is 6.92 Å². The average molecular weight is 217 g/mol. The molecule has 0 aliphatic heterocycles. The van der Waals surface area contributed by atoms with Gasteiger partial charge in [0.05, 0.1) is 5.83 Å². The topological polar surface area (TPSA) is 38.3 Å². The molecule has 4 heteroatoms. The fourth-order valence-corrected chi connectivity index (χ4v) is 0.900. The Hall–Kier alpha value is -1.06. The van der Waals surface area contributed by atoms with Crippen LogP contribution in [0.3, 0.4) is 0 Å². The smallest absolute Gasteiger partial charge is 0.407 e. The summed E-state index contributed by atoms with van der Waals surface area (Å²) in [5.74, 6) is -0.200. The zero-order valence-corrected chi connectivity index (χ0v) is 9.89. The number of hydrogen-bond acceptors (Lipinski definition) is 2. The first-order chi connectivity index (χ1) is 6.85. The zero-order chi connectivity index (χ0) is 11.9. The van der Waals surface area contributed by atoms with Crippen LogP contribution in [0.5, 0.6) is 0 Å². The maximum Gasteiger partial charge on any atom is 0.407 e. The average Bonchev–Trinajstić information content (AvgIpc) is 2.00. The monoisotopic (exact) mass is 217 g/mol. The number of halogens is 1. The molecule has 0 spiro atoms. The van der Waals surface area contributed by atoms with Crippen molar-refractivity contribution in [1.29, 1.82) is 0 Å². The second-order valence-electron chi connectivity index (χ2n) is 4.28. The molecule has 0 aromatic heterocycles. The molecule has 0 aliphatic carbocycles. The molecule has 0 aliphatic rings. The number of carbonyl (C=O) groups is 1. The molecule has 0 aromatic carbocycles. The fourth-order valence-electron chi connectivity index (χ4n) is 0.900. The van der Waals surface area contributed by atoms with Gasteiger partial charge in [-0.05, 0) is 39.7 Å². The number of ether oxygens (including phenoxy) is 1. The SMILES string of the molecule is CCC/C(F)=C\CNC(=O)OC(C)(C)C. The van der Waals surface area contributed by atoms with Crippen LogP contribution in [-0.2, 0) is 4.74 Å². The van der Waals surface area contributed by atoms with Gasteiger partial charge in [-0.25, -0.2) is 9.18 Å². The lowest BCUT2D eigenvalue weighted by molar-refractivity contribution is 0.0534. The van der Waals surface area contributed by atoms with Crippen molar-refractivity contribution in [2.45, 2.75) is 46.1 Å². The number of carbonyl (C=O) groups excluding carboxylic acids is 1. The first-order valence-electron chi connectivity index (χ1n) is 5.16. The van der Waals surface area contributed by atoms with Crippen LogP contribution < -0.4 is 5.32 Å². The number of alkyl carbamates (subject to hydrolysis) is 1. The van der Waals surface area contributed by atoms with Crippen LogP contribution in [-0.4, -0.2) is 18.2 Å². The van der Waals surface area contributed by atoms with E-state index in [0.717, 1.165) is 6.42 Å². The van der Waals surface area contributed by atoms with Gasteiger partial charge in [0.2, 0.25) is 0 Å². The molecule has 0 heterocycles. The van der Waals surface area contributed by atoms with E-state index < -0.39 is 11.7 Å². The molecule has 0 radical (unpaired) electrons. The molecule has 0 saturated heterocycles. The number of hydrogen-bond donors (Lipinski definition) is 1. The minimum Gasteiger partial charge on any atom is -0.444 e. The van der Waals surface area contributed by atoms with Crippen molar-refractivity contribution in [2.24, 2.45) is 0 Å². The van der Waals surface area contributed by atoms with Gasteiger partial charge in [0.25, 0.3) is 0 Å². The molecular formula is C11H20FNO2. The van der Waals surface area contributed by atoms with E-state index in [-0.39, 0.29) is 12.4 Å². The highest BCUT2D eigenvalue weighted by Gasteiger charge is 2.15. The normalized spacial score (nSPS) is 12.5. The molecule has 0 bridgehead atoms. The molecule has 0 unspecified atom stereocenters. The van der Waals surface area contributed by atoms with Crippen molar-refractivity contribution >= 4 is 6.09 Å². The Morgan fingerprint density at radius 1 is 1.47 bits per heavy atom. The van der Waals surface area contributed by atoms with Gasteiger partial charge in [0, 0.05) is 6.54 Å². The van der Waals surface area contributed by atoms with Crippen molar-refractivity contribution in [2.75, 3.05) is 6.54 Å². The van der Waals surface area contributed by atoms with Crippen LogP contribution in [0.4, 0.5) is 9.18 Å². The molecule has 1 amide bonds. The van der Waals surface area contributed by atoms with Gasteiger partial charge in [0.1, 0.15) is 5.60 Å². The lowest BCUT2D eigenvalue weighted by Gasteiger charge is -2.19. The van der Waals surface area contributed by atoms with E-state index >= 15 is 0 Å². The van der Waals surface area contributed by atoms with Gasteiger partial charge >= 0.3 is 6.09 Å². The third kappa shape index (κ3) is 9.25. The van der Waals surface area contributed by atoms with E-state index in [1.54, 1.807) is 20.8 Å². The van der Waals surface area contributed by atoms with Gasteiger partial charge < -0.3 is 10.1 Å². The highest BCUT2D eigenvalue weighted by Crippen LogP contribution is 2.07. The summed E-state index contributed by atoms with van der Waals surface area (Å²) in [5.41, 5.74) is -0.518. The quantitative estimate of drug-likeness (QED) is 0.785. The maximum atomic E-state index is 12.9. The summed E-state index contributed by atoms with van der Waals surface area (Å²) in [5, 5.41) is 2.45. The lowest BCUT2D eigenvalue weighted by atomic mass is 10.2. The maximum absolute atomic E-state index is 12.9. The Kier molecular flexibility index (Phi) is 5.97. The van der Waals surface area contributed by atoms with Crippen molar-refractivity contribution < 1.29 is 13.9 Å². The standard InChI is InChI=1S/C11H20FNO2/c1-5-6-9(12)7-8-13-10(14)15-11(2,3)4/h7H,5-6,8H2,1-4H3,(H,13,14)/b9-7+. The summed E-state index contributed by atoms with van der Waals surface area (Å²) in [6, 6.07) is 0. The predicted octanol–water partition coefficient (Wildman–Crippen LogP) is 3.16. The minimum absolute atomic E-state index is 0.167. The lowest BCUT2D eigenvalue weighted by Crippen LogP contribution is -2.32. The molecule has 0 saturated carbocycles. The second-order valence-corrected chi connectivity index (χ2v) is 4.28. The Bertz CT molecular complexity index is 231.